The molecule has 7 heteroatoms. The van der Waals surface area contributed by atoms with Crippen molar-refractivity contribution in [3.63, 3.8) is 0 Å². The lowest BCUT2D eigenvalue weighted by molar-refractivity contribution is -0.277. The van der Waals surface area contributed by atoms with Gasteiger partial charge in [-0.25, -0.2) is 4.79 Å². The molecule has 0 bridgehead atoms. The van der Waals surface area contributed by atoms with Gasteiger partial charge in [0.05, 0.1) is 12.7 Å². The number of benzene rings is 1. The van der Waals surface area contributed by atoms with E-state index in [1.807, 2.05) is 13.8 Å². The van der Waals surface area contributed by atoms with Crippen LogP contribution in [0.2, 0.25) is 0 Å². The maximum Gasteiger partial charge on any atom is 0.432 e. The second-order valence-corrected chi connectivity index (χ2v) is 6.27. The third kappa shape index (κ3) is 4.52. The summed E-state index contributed by atoms with van der Waals surface area (Å²) >= 11 is 0. The number of alkyl halides is 3. The molecule has 0 fully saturated rings. The third-order valence-corrected chi connectivity index (χ3v) is 4.14. The first-order valence-corrected chi connectivity index (χ1v) is 7.99. The van der Waals surface area contributed by atoms with Crippen molar-refractivity contribution >= 4 is 5.97 Å². The van der Waals surface area contributed by atoms with Crippen LogP contribution in [0.3, 0.4) is 0 Å². The molecule has 1 rings (SSSR count). The smallest absolute Gasteiger partial charge is 0.432 e. The van der Waals surface area contributed by atoms with Crippen LogP contribution in [0.25, 0.3) is 0 Å². The number of ether oxygens (including phenoxy) is 3. The van der Waals surface area contributed by atoms with Crippen molar-refractivity contribution in [3.05, 3.63) is 35.9 Å². The number of halogens is 3. The van der Waals surface area contributed by atoms with Crippen molar-refractivity contribution in [1.82, 2.24) is 0 Å². The Labute approximate surface area is 146 Å². The summed E-state index contributed by atoms with van der Waals surface area (Å²) in [6.45, 7) is 5.40. The molecule has 1 aromatic carbocycles. The van der Waals surface area contributed by atoms with Crippen molar-refractivity contribution in [1.29, 1.82) is 0 Å². The van der Waals surface area contributed by atoms with Gasteiger partial charge in [0.15, 0.2) is 0 Å². The molecule has 0 aliphatic carbocycles. The van der Waals surface area contributed by atoms with E-state index < -0.39 is 17.7 Å². The number of rotatable bonds is 8. The van der Waals surface area contributed by atoms with Gasteiger partial charge >= 0.3 is 12.1 Å². The Balaban J connectivity index is 3.07. The molecule has 0 aromatic heterocycles. The Morgan fingerprint density at radius 1 is 1.08 bits per heavy atom. The molecule has 0 amide bonds. The first-order chi connectivity index (χ1) is 11.6. The normalized spacial score (nSPS) is 17.0. The number of hydrogen-bond donors (Lipinski definition) is 0. The lowest BCUT2D eigenvalue weighted by Crippen LogP contribution is -2.52. The molecule has 0 heterocycles. The van der Waals surface area contributed by atoms with Crippen LogP contribution >= 0.6 is 0 Å². The first-order valence-electron chi connectivity index (χ1n) is 7.99. The van der Waals surface area contributed by atoms with Gasteiger partial charge in [0.1, 0.15) is 0 Å². The van der Waals surface area contributed by atoms with Crippen LogP contribution in [-0.4, -0.2) is 39.1 Å². The van der Waals surface area contributed by atoms with Crippen LogP contribution in [-0.2, 0) is 24.6 Å². The van der Waals surface area contributed by atoms with Crippen LogP contribution in [0.5, 0.6) is 0 Å². The van der Waals surface area contributed by atoms with Crippen molar-refractivity contribution in [2.45, 2.75) is 38.7 Å². The highest BCUT2D eigenvalue weighted by Crippen LogP contribution is 2.43. The maximum atomic E-state index is 13.7. The van der Waals surface area contributed by atoms with Crippen molar-refractivity contribution in [2.75, 3.05) is 20.8 Å². The molecule has 25 heavy (non-hydrogen) atoms. The minimum Gasteiger partial charge on any atom is -0.463 e. The van der Waals surface area contributed by atoms with E-state index in [2.05, 4.69) is 4.74 Å². The minimum atomic E-state index is -4.97. The Morgan fingerprint density at radius 3 is 2.04 bits per heavy atom. The van der Waals surface area contributed by atoms with E-state index in [0.717, 1.165) is 7.11 Å². The number of carbonyl (C=O) groups excluding carboxylic acids is 1. The summed E-state index contributed by atoms with van der Waals surface area (Å²) in [6, 6.07) is 6.75. The van der Waals surface area contributed by atoms with Gasteiger partial charge in [-0.1, -0.05) is 51.1 Å². The quantitative estimate of drug-likeness (QED) is 0.657. The van der Waals surface area contributed by atoms with Crippen molar-refractivity contribution in [3.8, 4) is 0 Å². The molecule has 0 aliphatic rings. The number of carbonyl (C=O) groups is 1. The number of hydrogen-bond acceptors (Lipinski definition) is 4. The lowest BCUT2D eigenvalue weighted by Gasteiger charge is -2.33. The summed E-state index contributed by atoms with van der Waals surface area (Å²) < 4.78 is 56.2. The summed E-state index contributed by atoms with van der Waals surface area (Å²) in [6.07, 6.45) is -5.21. The minimum absolute atomic E-state index is 0.127. The second-order valence-electron chi connectivity index (χ2n) is 6.27. The standard InChI is InChI=1S/C18H25F3O4/c1-12(2)15(23-4)13(3)11-25-16(22)17(24-5,18(19,20)21)14-9-7-6-8-10-14/h6-10,12-13,15H,11H2,1-5H3/t13-,15+,17-/m0/s1. The highest BCUT2D eigenvalue weighted by atomic mass is 19.4. The number of esters is 1. The molecule has 0 radical (unpaired) electrons. The van der Waals surface area contributed by atoms with Crippen LogP contribution < -0.4 is 0 Å². The summed E-state index contributed by atoms with van der Waals surface area (Å²) in [5.74, 6) is -1.63. The van der Waals surface area contributed by atoms with E-state index in [1.54, 1.807) is 13.0 Å². The molecule has 0 unspecified atom stereocenters. The van der Waals surface area contributed by atoms with E-state index >= 15 is 0 Å². The van der Waals surface area contributed by atoms with Crippen LogP contribution in [0.1, 0.15) is 26.3 Å². The van der Waals surface area contributed by atoms with Gasteiger partial charge in [-0.15, -0.1) is 0 Å². The van der Waals surface area contributed by atoms with Crippen molar-refractivity contribution < 1.29 is 32.2 Å². The van der Waals surface area contributed by atoms with E-state index in [4.69, 9.17) is 9.47 Å². The Hall–Kier alpha value is -1.60. The van der Waals surface area contributed by atoms with E-state index in [9.17, 15) is 18.0 Å². The molecule has 0 saturated carbocycles. The molecule has 0 N–H and O–H groups in total. The molecule has 0 aliphatic heterocycles. The average Bonchev–Trinajstić information content (AvgIpc) is 2.54. The van der Waals surface area contributed by atoms with Crippen LogP contribution in [0.4, 0.5) is 13.2 Å². The molecule has 3 atom stereocenters. The largest absolute Gasteiger partial charge is 0.463 e. The molecule has 1 aromatic rings. The molecule has 0 saturated heterocycles. The van der Waals surface area contributed by atoms with Crippen LogP contribution in [0, 0.1) is 11.8 Å². The lowest BCUT2D eigenvalue weighted by atomic mass is 9.92. The van der Waals surface area contributed by atoms with Gasteiger partial charge in [0, 0.05) is 25.7 Å². The van der Waals surface area contributed by atoms with E-state index in [-0.39, 0.29) is 30.1 Å². The van der Waals surface area contributed by atoms with Crippen LogP contribution in [0.15, 0.2) is 30.3 Å². The summed E-state index contributed by atoms with van der Waals surface area (Å²) in [5, 5.41) is 0. The third-order valence-electron chi connectivity index (χ3n) is 4.14. The molecule has 142 valence electrons. The van der Waals surface area contributed by atoms with Gasteiger partial charge in [-0.2, -0.15) is 13.2 Å². The fraction of sp³-hybridized carbons (Fsp3) is 0.611. The summed E-state index contributed by atoms with van der Waals surface area (Å²) in [4.78, 5) is 12.4. The van der Waals surface area contributed by atoms with Gasteiger partial charge < -0.3 is 14.2 Å². The Morgan fingerprint density at radius 2 is 1.64 bits per heavy atom. The first kappa shape index (κ1) is 21.4. The number of methoxy groups -OCH3 is 2. The molecule has 4 nitrogen and oxygen atoms in total. The van der Waals surface area contributed by atoms with Gasteiger partial charge in [-0.05, 0) is 5.92 Å². The highest BCUT2D eigenvalue weighted by Gasteiger charge is 2.64. The van der Waals surface area contributed by atoms with Crippen molar-refractivity contribution in [2.24, 2.45) is 11.8 Å². The average molecular weight is 362 g/mol. The summed E-state index contributed by atoms with van der Waals surface area (Å²) in [7, 11) is 2.36. The predicted octanol–water partition coefficient (Wildman–Crippen LogP) is 3.94. The van der Waals surface area contributed by atoms with E-state index in [0.29, 0.717) is 0 Å². The van der Waals surface area contributed by atoms with Gasteiger partial charge in [0.25, 0.3) is 5.60 Å². The molecular weight excluding hydrogens is 337 g/mol. The second kappa shape index (κ2) is 8.67. The zero-order valence-corrected chi connectivity index (χ0v) is 15.1. The summed E-state index contributed by atoms with van der Waals surface area (Å²) in [5.41, 5.74) is -3.48. The zero-order valence-electron chi connectivity index (χ0n) is 15.1. The maximum absolute atomic E-state index is 13.7. The Bertz CT molecular complexity index is 545. The fourth-order valence-corrected chi connectivity index (χ4v) is 2.95. The Kier molecular flexibility index (Phi) is 7.44. The highest BCUT2D eigenvalue weighted by molar-refractivity contribution is 5.82. The van der Waals surface area contributed by atoms with Gasteiger partial charge in [0.2, 0.25) is 0 Å². The predicted molar refractivity (Wildman–Crippen MR) is 86.9 cm³/mol. The monoisotopic (exact) mass is 362 g/mol. The topological polar surface area (TPSA) is 44.8 Å². The SMILES string of the molecule is CO[C@H](C(C)C)[C@@H](C)COC(=O)[C@@](OC)(c1ccccc1)C(F)(F)F. The zero-order chi connectivity index (χ0) is 19.3. The van der Waals surface area contributed by atoms with E-state index in [1.165, 1.54) is 31.4 Å². The molecule has 0 spiro atoms. The fourth-order valence-electron chi connectivity index (χ4n) is 2.95. The molecular formula is C18H25F3O4. The van der Waals surface area contributed by atoms with Gasteiger partial charge in [-0.3, -0.25) is 0 Å².